The zero-order valence-electron chi connectivity index (χ0n) is 12.8. The lowest BCUT2D eigenvalue weighted by atomic mass is 9.94. The van der Waals surface area contributed by atoms with Gasteiger partial charge in [0.15, 0.2) is 0 Å². The van der Waals surface area contributed by atoms with Gasteiger partial charge in [0.1, 0.15) is 0 Å². The minimum absolute atomic E-state index is 0.186. The molecule has 1 saturated carbocycles. The van der Waals surface area contributed by atoms with E-state index in [1.807, 2.05) is 17.2 Å². The van der Waals surface area contributed by atoms with Gasteiger partial charge >= 0.3 is 0 Å². The van der Waals surface area contributed by atoms with Crippen LogP contribution in [-0.4, -0.2) is 48.7 Å². The minimum atomic E-state index is 0.186. The number of hydrogen-bond acceptors (Lipinski definition) is 5. The number of rotatable bonds is 5. The van der Waals surface area contributed by atoms with Gasteiger partial charge < -0.3 is 4.90 Å². The molecular weight excluding hydrogens is 298 g/mol. The van der Waals surface area contributed by atoms with Gasteiger partial charge in [0.05, 0.1) is 5.75 Å². The van der Waals surface area contributed by atoms with E-state index in [1.54, 1.807) is 10.7 Å². The van der Waals surface area contributed by atoms with E-state index in [2.05, 4.69) is 22.0 Å². The molecule has 0 N–H and O–H groups in total. The number of nitrogens with zero attached hydrogens (tertiary/aromatic N) is 5. The van der Waals surface area contributed by atoms with Gasteiger partial charge in [-0.2, -0.15) is 4.98 Å². The highest BCUT2D eigenvalue weighted by Crippen LogP contribution is 2.24. The highest BCUT2D eigenvalue weighted by atomic mass is 32.2. The molecule has 3 rings (SSSR count). The first-order chi connectivity index (χ1) is 10.8. The topological polar surface area (TPSA) is 63.4 Å². The third kappa shape index (κ3) is 3.40. The van der Waals surface area contributed by atoms with Crippen LogP contribution in [0.2, 0.25) is 0 Å². The Hall–Kier alpha value is -1.63. The molecule has 1 fully saturated rings. The minimum Gasteiger partial charge on any atom is -0.339 e. The third-order valence-corrected chi connectivity index (χ3v) is 4.92. The number of carbonyl (C=O) groups excluding carboxylic acids is 1. The molecule has 0 spiro atoms. The summed E-state index contributed by atoms with van der Waals surface area (Å²) in [7, 11) is 0. The van der Waals surface area contributed by atoms with Crippen molar-refractivity contribution >= 4 is 23.4 Å². The van der Waals surface area contributed by atoms with Gasteiger partial charge in [-0.05, 0) is 25.8 Å². The van der Waals surface area contributed by atoms with E-state index in [4.69, 9.17) is 0 Å². The van der Waals surface area contributed by atoms with Crippen LogP contribution in [0.4, 0.5) is 0 Å². The quantitative estimate of drug-likeness (QED) is 0.792. The molecule has 0 radical (unpaired) electrons. The Morgan fingerprint density at radius 3 is 2.95 bits per heavy atom. The Labute approximate surface area is 134 Å². The summed E-state index contributed by atoms with van der Waals surface area (Å²) >= 11 is 1.39. The van der Waals surface area contributed by atoms with Gasteiger partial charge in [0.25, 0.3) is 5.78 Å². The Morgan fingerprint density at radius 2 is 2.23 bits per heavy atom. The molecule has 6 nitrogen and oxygen atoms in total. The lowest BCUT2D eigenvalue weighted by Gasteiger charge is -2.33. The molecule has 0 unspecified atom stereocenters. The molecule has 7 heteroatoms. The van der Waals surface area contributed by atoms with Crippen molar-refractivity contribution < 1.29 is 4.79 Å². The molecule has 2 heterocycles. The fraction of sp³-hybridized carbons (Fsp3) is 0.600. The van der Waals surface area contributed by atoms with E-state index in [1.165, 1.54) is 31.0 Å². The summed E-state index contributed by atoms with van der Waals surface area (Å²) in [5, 5.41) is 4.92. The average molecular weight is 319 g/mol. The van der Waals surface area contributed by atoms with Gasteiger partial charge in [-0.15, -0.1) is 5.10 Å². The number of fused-ring (bicyclic) bond motifs is 1. The molecule has 1 aliphatic rings. The van der Waals surface area contributed by atoms with Crippen molar-refractivity contribution in [3.8, 4) is 0 Å². The molecule has 22 heavy (non-hydrogen) atoms. The lowest BCUT2D eigenvalue weighted by molar-refractivity contribution is -0.131. The molecule has 1 aliphatic carbocycles. The molecule has 0 aromatic carbocycles. The lowest BCUT2D eigenvalue weighted by Crippen LogP contribution is -2.42. The largest absolute Gasteiger partial charge is 0.339 e. The molecule has 0 bridgehead atoms. The monoisotopic (exact) mass is 319 g/mol. The van der Waals surface area contributed by atoms with Crippen molar-refractivity contribution in [1.29, 1.82) is 0 Å². The summed E-state index contributed by atoms with van der Waals surface area (Å²) in [4.78, 5) is 23.0. The van der Waals surface area contributed by atoms with Gasteiger partial charge in [0, 0.05) is 25.0 Å². The van der Waals surface area contributed by atoms with Crippen LogP contribution in [-0.2, 0) is 4.79 Å². The van der Waals surface area contributed by atoms with Crippen molar-refractivity contribution in [1.82, 2.24) is 24.5 Å². The summed E-state index contributed by atoms with van der Waals surface area (Å²) in [6, 6.07) is 2.23. The first-order valence-electron chi connectivity index (χ1n) is 7.87. The van der Waals surface area contributed by atoms with Crippen LogP contribution in [0.15, 0.2) is 23.6 Å². The van der Waals surface area contributed by atoms with Crippen LogP contribution in [0.25, 0.3) is 5.78 Å². The van der Waals surface area contributed by atoms with Crippen molar-refractivity contribution in [3.05, 3.63) is 18.5 Å². The normalized spacial score (nSPS) is 16.0. The summed E-state index contributed by atoms with van der Waals surface area (Å²) < 4.78 is 1.63. The van der Waals surface area contributed by atoms with E-state index < -0.39 is 0 Å². The fourth-order valence-corrected chi connectivity index (χ4v) is 3.73. The second kappa shape index (κ2) is 7.09. The van der Waals surface area contributed by atoms with E-state index in [0.717, 1.165) is 19.4 Å². The highest BCUT2D eigenvalue weighted by molar-refractivity contribution is 7.99. The van der Waals surface area contributed by atoms with E-state index in [9.17, 15) is 4.79 Å². The van der Waals surface area contributed by atoms with E-state index in [-0.39, 0.29) is 5.91 Å². The molecule has 0 aliphatic heterocycles. The second-order valence-electron chi connectivity index (χ2n) is 5.52. The number of hydrogen-bond donors (Lipinski definition) is 0. The molecule has 0 atom stereocenters. The van der Waals surface area contributed by atoms with Gasteiger partial charge in [-0.3, -0.25) is 4.79 Å². The zero-order chi connectivity index (χ0) is 15.4. The molecule has 2 aromatic rings. The van der Waals surface area contributed by atoms with Crippen LogP contribution in [0.5, 0.6) is 0 Å². The predicted molar refractivity (Wildman–Crippen MR) is 85.8 cm³/mol. The SMILES string of the molecule is CCN(C(=O)CSc1nc2ncccn2n1)C1CCCCC1. The summed E-state index contributed by atoms with van der Waals surface area (Å²) in [5.74, 6) is 1.14. The van der Waals surface area contributed by atoms with Crippen molar-refractivity contribution in [3.63, 3.8) is 0 Å². The van der Waals surface area contributed by atoms with Gasteiger partial charge in [-0.1, -0.05) is 31.0 Å². The third-order valence-electron chi connectivity index (χ3n) is 4.10. The molecule has 0 saturated heterocycles. The first kappa shape index (κ1) is 15.3. The number of carbonyl (C=O) groups is 1. The Kier molecular flexibility index (Phi) is 4.92. The highest BCUT2D eigenvalue weighted by Gasteiger charge is 2.24. The Balaban J connectivity index is 1.60. The average Bonchev–Trinajstić information content (AvgIpc) is 2.97. The Bertz CT molecular complexity index is 605. The van der Waals surface area contributed by atoms with Crippen molar-refractivity contribution in [2.24, 2.45) is 0 Å². The van der Waals surface area contributed by atoms with E-state index in [0.29, 0.717) is 22.7 Å². The Morgan fingerprint density at radius 1 is 1.41 bits per heavy atom. The van der Waals surface area contributed by atoms with Crippen LogP contribution in [0, 0.1) is 0 Å². The maximum Gasteiger partial charge on any atom is 0.253 e. The summed E-state index contributed by atoms with van der Waals surface area (Å²) in [6.07, 6.45) is 9.55. The van der Waals surface area contributed by atoms with Crippen LogP contribution < -0.4 is 0 Å². The molecule has 1 amide bonds. The van der Waals surface area contributed by atoms with Crippen LogP contribution in [0.3, 0.4) is 0 Å². The van der Waals surface area contributed by atoms with Crippen molar-refractivity contribution in [2.45, 2.75) is 50.2 Å². The van der Waals surface area contributed by atoms with Crippen LogP contribution >= 0.6 is 11.8 Å². The molecule has 118 valence electrons. The number of thioether (sulfide) groups is 1. The summed E-state index contributed by atoms with van der Waals surface area (Å²) in [5.41, 5.74) is 0. The molecular formula is C15H21N5OS. The smallest absolute Gasteiger partial charge is 0.253 e. The maximum absolute atomic E-state index is 12.5. The fourth-order valence-electron chi connectivity index (χ4n) is 3.01. The second-order valence-corrected chi connectivity index (χ2v) is 6.46. The first-order valence-corrected chi connectivity index (χ1v) is 8.86. The molecule has 2 aromatic heterocycles. The zero-order valence-corrected chi connectivity index (χ0v) is 13.6. The number of amides is 1. The standard InChI is InChI=1S/C15H21N5OS/c1-2-19(12-7-4-3-5-8-12)13(21)11-22-15-17-14-16-9-6-10-20(14)18-15/h6,9-10,12H,2-5,7-8,11H2,1H3. The maximum atomic E-state index is 12.5. The van der Waals surface area contributed by atoms with Gasteiger partial charge in [0.2, 0.25) is 11.1 Å². The van der Waals surface area contributed by atoms with E-state index >= 15 is 0 Å². The van der Waals surface area contributed by atoms with Crippen LogP contribution in [0.1, 0.15) is 39.0 Å². The summed E-state index contributed by atoms with van der Waals surface area (Å²) in [6.45, 7) is 2.84. The predicted octanol–water partition coefficient (Wildman–Crippen LogP) is 2.40. The van der Waals surface area contributed by atoms with Gasteiger partial charge in [-0.25, -0.2) is 9.50 Å². The van der Waals surface area contributed by atoms with Crippen molar-refractivity contribution in [2.75, 3.05) is 12.3 Å². The number of aromatic nitrogens is 4.